The lowest BCUT2D eigenvalue weighted by molar-refractivity contribution is 0.189. The van der Waals surface area contributed by atoms with Gasteiger partial charge in [0.05, 0.1) is 11.8 Å². The summed E-state index contributed by atoms with van der Waals surface area (Å²) in [6.45, 7) is 6.10. The number of benzene rings is 1. The summed E-state index contributed by atoms with van der Waals surface area (Å²) in [6, 6.07) is 11.7. The second-order valence-corrected chi connectivity index (χ2v) is 4.78. The van der Waals surface area contributed by atoms with E-state index in [0.29, 0.717) is 12.4 Å². The number of aryl methyl sites for hydroxylation is 2. The van der Waals surface area contributed by atoms with Crippen molar-refractivity contribution in [2.45, 2.75) is 33.5 Å². The number of hydrogen-bond acceptors (Lipinski definition) is 3. The van der Waals surface area contributed by atoms with Crippen LogP contribution in [0.4, 0.5) is 0 Å². The van der Waals surface area contributed by atoms with Crippen molar-refractivity contribution in [2.24, 2.45) is 0 Å². The largest absolute Gasteiger partial charge is 0.487 e. The molecule has 0 spiro atoms. The minimum absolute atomic E-state index is 0.407. The maximum atomic E-state index is 9.77. The van der Waals surface area contributed by atoms with E-state index < -0.39 is 6.10 Å². The van der Waals surface area contributed by atoms with Crippen molar-refractivity contribution < 1.29 is 9.84 Å². The lowest BCUT2D eigenvalue weighted by Crippen LogP contribution is -2.03. The van der Waals surface area contributed by atoms with Crippen molar-refractivity contribution in [3.63, 3.8) is 0 Å². The van der Waals surface area contributed by atoms with Crippen LogP contribution in [0.15, 0.2) is 36.4 Å². The highest BCUT2D eigenvalue weighted by Crippen LogP contribution is 2.26. The zero-order chi connectivity index (χ0) is 13.8. The monoisotopic (exact) mass is 257 g/mol. The van der Waals surface area contributed by atoms with Crippen LogP contribution in [0.1, 0.15) is 35.5 Å². The van der Waals surface area contributed by atoms with Gasteiger partial charge in [-0.1, -0.05) is 17.7 Å². The third-order valence-electron chi connectivity index (χ3n) is 2.94. The molecule has 1 N–H and O–H groups in total. The van der Waals surface area contributed by atoms with Gasteiger partial charge in [0.1, 0.15) is 12.4 Å². The number of aliphatic hydroxyl groups excluding tert-OH is 1. The van der Waals surface area contributed by atoms with Crippen LogP contribution >= 0.6 is 0 Å². The molecule has 1 heterocycles. The van der Waals surface area contributed by atoms with Crippen LogP contribution in [-0.2, 0) is 6.61 Å². The third-order valence-corrected chi connectivity index (χ3v) is 2.94. The van der Waals surface area contributed by atoms with Gasteiger partial charge in [0.25, 0.3) is 0 Å². The van der Waals surface area contributed by atoms with E-state index in [1.54, 1.807) is 6.92 Å². The van der Waals surface area contributed by atoms with Gasteiger partial charge in [0.2, 0.25) is 0 Å². The van der Waals surface area contributed by atoms with Crippen LogP contribution in [0.5, 0.6) is 5.75 Å². The van der Waals surface area contributed by atoms with Crippen LogP contribution < -0.4 is 4.74 Å². The van der Waals surface area contributed by atoms with Crippen LogP contribution in [0, 0.1) is 13.8 Å². The molecule has 0 aliphatic heterocycles. The van der Waals surface area contributed by atoms with Gasteiger partial charge in [-0.15, -0.1) is 0 Å². The molecule has 1 aromatic carbocycles. The smallest absolute Gasteiger partial charge is 0.130 e. The topological polar surface area (TPSA) is 42.4 Å². The molecule has 2 aromatic rings. The highest BCUT2D eigenvalue weighted by Gasteiger charge is 2.09. The molecule has 1 aromatic heterocycles. The summed E-state index contributed by atoms with van der Waals surface area (Å²) in [5.74, 6) is 0.712. The van der Waals surface area contributed by atoms with Crippen molar-refractivity contribution in [1.29, 1.82) is 0 Å². The first-order valence-electron chi connectivity index (χ1n) is 6.40. The van der Waals surface area contributed by atoms with E-state index in [1.165, 1.54) is 0 Å². The number of ether oxygens (including phenoxy) is 1. The Morgan fingerprint density at radius 1 is 1.21 bits per heavy atom. The second-order valence-electron chi connectivity index (χ2n) is 4.78. The summed E-state index contributed by atoms with van der Waals surface area (Å²) in [7, 11) is 0. The molecular formula is C16H19NO2. The number of aromatic nitrogens is 1. The van der Waals surface area contributed by atoms with E-state index >= 15 is 0 Å². The Kier molecular flexibility index (Phi) is 4.17. The van der Waals surface area contributed by atoms with Crippen molar-refractivity contribution in [3.8, 4) is 5.75 Å². The Labute approximate surface area is 113 Å². The van der Waals surface area contributed by atoms with Gasteiger partial charge < -0.3 is 9.84 Å². The first kappa shape index (κ1) is 13.6. The molecule has 0 aliphatic rings. The second kappa shape index (κ2) is 5.85. The van der Waals surface area contributed by atoms with Crippen molar-refractivity contribution >= 4 is 0 Å². The fourth-order valence-corrected chi connectivity index (χ4v) is 1.96. The average molecular weight is 257 g/mol. The SMILES string of the molecule is Cc1ccc(OCc2cccc(C)n2)c(C(C)O)c1. The number of rotatable bonds is 4. The van der Waals surface area contributed by atoms with Gasteiger partial charge in [0, 0.05) is 11.3 Å². The quantitative estimate of drug-likeness (QED) is 0.913. The Bertz CT molecular complexity index is 564. The zero-order valence-corrected chi connectivity index (χ0v) is 11.6. The van der Waals surface area contributed by atoms with E-state index in [2.05, 4.69) is 4.98 Å². The number of nitrogens with zero attached hydrogens (tertiary/aromatic N) is 1. The van der Waals surface area contributed by atoms with Crippen molar-refractivity contribution in [1.82, 2.24) is 4.98 Å². The molecule has 3 heteroatoms. The summed E-state index contributed by atoms with van der Waals surface area (Å²) in [4.78, 5) is 4.39. The average Bonchev–Trinajstić information content (AvgIpc) is 2.37. The normalized spacial score (nSPS) is 12.2. The van der Waals surface area contributed by atoms with E-state index in [-0.39, 0.29) is 0 Å². The van der Waals surface area contributed by atoms with E-state index in [0.717, 1.165) is 22.5 Å². The zero-order valence-electron chi connectivity index (χ0n) is 11.6. The Morgan fingerprint density at radius 3 is 2.68 bits per heavy atom. The van der Waals surface area contributed by atoms with Crippen molar-refractivity contribution in [3.05, 3.63) is 58.9 Å². The minimum atomic E-state index is -0.541. The fourth-order valence-electron chi connectivity index (χ4n) is 1.96. The predicted octanol–water partition coefficient (Wildman–Crippen LogP) is 3.33. The van der Waals surface area contributed by atoms with Crippen LogP contribution in [0.2, 0.25) is 0 Å². The van der Waals surface area contributed by atoms with Gasteiger partial charge in [-0.25, -0.2) is 0 Å². The van der Waals surface area contributed by atoms with Gasteiger partial charge in [-0.3, -0.25) is 4.98 Å². The third kappa shape index (κ3) is 3.55. The Morgan fingerprint density at radius 2 is 2.00 bits per heavy atom. The Balaban J connectivity index is 2.15. The number of aliphatic hydroxyl groups is 1. The van der Waals surface area contributed by atoms with Gasteiger partial charge >= 0.3 is 0 Å². The maximum Gasteiger partial charge on any atom is 0.130 e. The molecule has 0 fully saturated rings. The van der Waals surface area contributed by atoms with Gasteiger partial charge in [0.15, 0.2) is 0 Å². The highest BCUT2D eigenvalue weighted by atomic mass is 16.5. The molecule has 0 bridgehead atoms. The summed E-state index contributed by atoms with van der Waals surface area (Å²) >= 11 is 0. The standard InChI is InChI=1S/C16H19NO2/c1-11-7-8-16(15(9-11)13(3)18)19-10-14-6-4-5-12(2)17-14/h4-9,13,18H,10H2,1-3H3. The predicted molar refractivity (Wildman–Crippen MR) is 75.1 cm³/mol. The molecule has 3 nitrogen and oxygen atoms in total. The molecule has 0 saturated heterocycles. The van der Waals surface area contributed by atoms with E-state index in [9.17, 15) is 5.11 Å². The number of pyridine rings is 1. The Hall–Kier alpha value is -1.87. The maximum absolute atomic E-state index is 9.77. The minimum Gasteiger partial charge on any atom is -0.487 e. The molecule has 2 rings (SSSR count). The molecule has 19 heavy (non-hydrogen) atoms. The van der Waals surface area contributed by atoms with Crippen LogP contribution in [0.3, 0.4) is 0 Å². The molecular weight excluding hydrogens is 238 g/mol. The summed E-state index contributed by atoms with van der Waals surface area (Å²) in [6.07, 6.45) is -0.541. The molecule has 0 amide bonds. The number of hydrogen-bond donors (Lipinski definition) is 1. The molecule has 1 atom stereocenters. The molecule has 0 aliphatic carbocycles. The molecule has 0 saturated carbocycles. The first-order chi connectivity index (χ1) is 9.06. The van der Waals surface area contributed by atoms with Crippen LogP contribution in [-0.4, -0.2) is 10.1 Å². The summed E-state index contributed by atoms with van der Waals surface area (Å²) in [5, 5.41) is 9.77. The highest BCUT2D eigenvalue weighted by molar-refractivity contribution is 5.38. The molecule has 0 radical (unpaired) electrons. The van der Waals surface area contributed by atoms with E-state index in [4.69, 9.17) is 4.74 Å². The lowest BCUT2D eigenvalue weighted by Gasteiger charge is -2.14. The molecule has 1 unspecified atom stereocenters. The van der Waals surface area contributed by atoms with Gasteiger partial charge in [-0.2, -0.15) is 0 Å². The van der Waals surface area contributed by atoms with E-state index in [1.807, 2.05) is 50.2 Å². The first-order valence-corrected chi connectivity index (χ1v) is 6.40. The molecule has 100 valence electrons. The van der Waals surface area contributed by atoms with Gasteiger partial charge in [-0.05, 0) is 45.0 Å². The summed E-state index contributed by atoms with van der Waals surface area (Å²) < 4.78 is 5.77. The summed E-state index contributed by atoms with van der Waals surface area (Å²) in [5.41, 5.74) is 3.78. The van der Waals surface area contributed by atoms with Crippen LogP contribution in [0.25, 0.3) is 0 Å². The fraction of sp³-hybridized carbons (Fsp3) is 0.312. The van der Waals surface area contributed by atoms with Crippen molar-refractivity contribution in [2.75, 3.05) is 0 Å². The lowest BCUT2D eigenvalue weighted by atomic mass is 10.1.